The summed E-state index contributed by atoms with van der Waals surface area (Å²) in [6, 6.07) is -3.49. The minimum Gasteiger partial charge on any atom is -0.456 e. The number of Topliss-reactive ketones (excluding diaryl/α,β-unsaturated/α-hetero) is 2. The molecule has 16 nitrogen and oxygen atoms in total. The Bertz CT molecular complexity index is 1860. The molecule has 0 radical (unpaired) electrons. The van der Waals surface area contributed by atoms with Crippen LogP contribution < -0.4 is 10.6 Å². The maximum Gasteiger partial charge on any atom is 0.407 e. The third-order valence-corrected chi connectivity index (χ3v) is 13.0. The Morgan fingerprint density at radius 2 is 1.20 bits per heavy atom. The van der Waals surface area contributed by atoms with Crippen LogP contribution in [0.4, 0.5) is 9.59 Å². The molecule has 6 atom stereocenters. The van der Waals surface area contributed by atoms with Crippen molar-refractivity contribution in [2.24, 2.45) is 17.3 Å². The number of hydrogen-bond donors (Lipinski definition) is 2. The van der Waals surface area contributed by atoms with Gasteiger partial charge in [0, 0.05) is 18.7 Å². The number of likely N-dealkylation sites (tertiary alicyclic amines) is 2. The van der Waals surface area contributed by atoms with E-state index >= 15 is 0 Å². The smallest absolute Gasteiger partial charge is 0.407 e. The van der Waals surface area contributed by atoms with Crippen LogP contribution in [0.5, 0.6) is 0 Å². The normalized spacial score (nSPS) is 25.4. The highest BCUT2D eigenvalue weighted by Gasteiger charge is 2.51. The molecule has 59 heavy (non-hydrogen) atoms. The minimum absolute atomic E-state index is 0.0392. The van der Waals surface area contributed by atoms with Crippen LogP contribution in [0, 0.1) is 17.3 Å². The fourth-order valence-corrected chi connectivity index (χ4v) is 9.95. The molecule has 2 aliphatic heterocycles. The summed E-state index contributed by atoms with van der Waals surface area (Å²) in [7, 11) is 2.39. The van der Waals surface area contributed by atoms with Crippen LogP contribution >= 0.6 is 0 Å². The van der Waals surface area contributed by atoms with Crippen molar-refractivity contribution in [1.29, 1.82) is 0 Å². The van der Waals surface area contributed by atoms with E-state index in [1.165, 1.54) is 37.9 Å². The van der Waals surface area contributed by atoms with Gasteiger partial charge in [-0.1, -0.05) is 37.1 Å². The fourth-order valence-electron chi connectivity index (χ4n) is 9.95. The monoisotopic (exact) mass is 820 g/mol. The largest absolute Gasteiger partial charge is 0.456 e. The Balaban J connectivity index is 1.08. The molecule has 6 rings (SSSR count). The van der Waals surface area contributed by atoms with Crippen LogP contribution in [0.15, 0.2) is 46.6 Å². The van der Waals surface area contributed by atoms with E-state index in [2.05, 4.69) is 20.1 Å². The molecule has 0 aromatic heterocycles. The van der Waals surface area contributed by atoms with Crippen molar-refractivity contribution < 1.29 is 57.3 Å². The number of carbonyl (C=O) groups excluding carboxylic acids is 8. The summed E-state index contributed by atoms with van der Waals surface area (Å²) in [4.78, 5) is 105. The second kappa shape index (κ2) is 18.8. The van der Waals surface area contributed by atoms with Crippen molar-refractivity contribution in [3.05, 3.63) is 46.6 Å². The van der Waals surface area contributed by atoms with Crippen LogP contribution in [0.2, 0.25) is 0 Å². The summed E-state index contributed by atoms with van der Waals surface area (Å²) < 4.78 is 20.1. The number of ketones is 2. The first kappa shape index (κ1) is 43.3. The third-order valence-electron chi connectivity index (χ3n) is 13.0. The van der Waals surface area contributed by atoms with E-state index in [0.29, 0.717) is 62.8 Å². The summed E-state index contributed by atoms with van der Waals surface area (Å²) >= 11 is 0. The predicted octanol–water partition coefficient (Wildman–Crippen LogP) is 3.78. The van der Waals surface area contributed by atoms with E-state index in [-0.39, 0.29) is 28.8 Å². The van der Waals surface area contributed by atoms with Gasteiger partial charge in [0.05, 0.1) is 14.2 Å². The average Bonchev–Trinajstić information content (AvgIpc) is 4.08. The number of allylic oxidation sites excluding steroid dienone is 6. The topological polar surface area (TPSA) is 204 Å². The summed E-state index contributed by atoms with van der Waals surface area (Å²) in [6.07, 6.45) is 15.4. The molecule has 0 aromatic rings. The number of ether oxygens (including phenoxy) is 4. The van der Waals surface area contributed by atoms with E-state index in [0.717, 1.165) is 49.7 Å². The van der Waals surface area contributed by atoms with Crippen LogP contribution in [0.25, 0.3) is 0 Å². The highest BCUT2D eigenvalue weighted by molar-refractivity contribution is 6.00. The van der Waals surface area contributed by atoms with Crippen LogP contribution in [0.1, 0.15) is 90.9 Å². The van der Waals surface area contributed by atoms with Gasteiger partial charge in [0.15, 0.2) is 24.8 Å². The molecule has 6 aliphatic rings. The van der Waals surface area contributed by atoms with Crippen molar-refractivity contribution in [1.82, 2.24) is 20.4 Å². The number of nitrogens with zero attached hydrogens (tertiary/aromatic N) is 2. The maximum absolute atomic E-state index is 13.8. The van der Waals surface area contributed by atoms with Gasteiger partial charge >= 0.3 is 24.1 Å². The van der Waals surface area contributed by atoms with Gasteiger partial charge in [-0.2, -0.15) is 0 Å². The highest BCUT2D eigenvalue weighted by atomic mass is 16.6. The SMILES string of the molecule is COC(=O)NC(C)C(=O)N1CCCC1C(=O)OCC(=O)C1=CC=C(C2=CC=C(C(=O)COC(=O)C3CCCN3C(=O)C(C)NC(=O)OC)C3CC4(CCCC4)CC23)CC1. The predicted molar refractivity (Wildman–Crippen MR) is 210 cm³/mol. The number of rotatable bonds is 13. The van der Waals surface area contributed by atoms with Crippen molar-refractivity contribution in [2.75, 3.05) is 40.5 Å². The van der Waals surface area contributed by atoms with Gasteiger partial charge in [-0.3, -0.25) is 19.2 Å². The van der Waals surface area contributed by atoms with E-state index in [1.807, 2.05) is 18.2 Å². The quantitative estimate of drug-likeness (QED) is 0.201. The minimum atomic E-state index is -0.901. The number of nitrogens with one attached hydrogen (secondary N) is 2. The average molecular weight is 821 g/mol. The van der Waals surface area contributed by atoms with Crippen molar-refractivity contribution in [2.45, 2.75) is 115 Å². The first-order valence-electron chi connectivity index (χ1n) is 20.8. The lowest BCUT2D eigenvalue weighted by molar-refractivity contribution is -0.155. The number of alkyl carbamates (subject to hydrolysis) is 2. The molecule has 2 N–H and O–H groups in total. The van der Waals surface area contributed by atoms with Gasteiger partial charge in [0.25, 0.3) is 0 Å². The van der Waals surface area contributed by atoms with Crippen LogP contribution in [-0.2, 0) is 47.7 Å². The van der Waals surface area contributed by atoms with Gasteiger partial charge < -0.3 is 39.4 Å². The fraction of sp³-hybridized carbons (Fsp3) is 0.628. The summed E-state index contributed by atoms with van der Waals surface area (Å²) in [6.45, 7) is 2.81. The molecule has 1 spiro atoms. The van der Waals surface area contributed by atoms with E-state index in [1.54, 1.807) is 6.08 Å². The molecule has 0 bridgehead atoms. The maximum atomic E-state index is 13.8. The zero-order valence-electron chi connectivity index (χ0n) is 34.4. The van der Waals surface area contributed by atoms with Crippen LogP contribution in [-0.4, -0.2) is 122 Å². The number of esters is 2. The number of amides is 4. The number of carbonyl (C=O) groups is 8. The molecule has 16 heteroatoms. The van der Waals surface area contributed by atoms with Crippen LogP contribution in [0.3, 0.4) is 0 Å². The second-order valence-electron chi connectivity index (χ2n) is 16.6. The number of hydrogen-bond acceptors (Lipinski definition) is 12. The van der Waals surface area contributed by atoms with Gasteiger partial charge in [-0.05, 0) is 112 Å². The molecule has 2 heterocycles. The molecule has 4 fully saturated rings. The Morgan fingerprint density at radius 1 is 0.678 bits per heavy atom. The van der Waals surface area contributed by atoms with E-state index < -0.39 is 73.3 Å². The molecule has 320 valence electrons. The van der Waals surface area contributed by atoms with E-state index in [4.69, 9.17) is 9.47 Å². The van der Waals surface area contributed by atoms with Gasteiger partial charge in [-0.15, -0.1) is 0 Å². The van der Waals surface area contributed by atoms with Crippen molar-refractivity contribution >= 4 is 47.5 Å². The van der Waals surface area contributed by atoms with Gasteiger partial charge in [-0.25, -0.2) is 19.2 Å². The van der Waals surface area contributed by atoms with Crippen molar-refractivity contribution in [3.8, 4) is 0 Å². The number of fused-ring (bicyclic) bond motifs is 1. The molecule has 4 aliphatic carbocycles. The lowest BCUT2D eigenvalue weighted by atomic mass is 9.74. The Labute approximate surface area is 344 Å². The number of methoxy groups -OCH3 is 2. The summed E-state index contributed by atoms with van der Waals surface area (Å²) in [5.74, 6) is -2.69. The second-order valence-corrected chi connectivity index (χ2v) is 16.6. The lowest BCUT2D eigenvalue weighted by Crippen LogP contribution is -2.50. The molecule has 2 saturated heterocycles. The van der Waals surface area contributed by atoms with Gasteiger partial charge in [0.2, 0.25) is 11.8 Å². The molecule has 2 saturated carbocycles. The Morgan fingerprint density at radius 3 is 1.71 bits per heavy atom. The first-order chi connectivity index (χ1) is 28.3. The standard InChI is InChI=1S/C43H56N4O12/c1-25(44-41(54)56-3)37(50)46-19-7-9-33(46)39(52)58-23-35(48)28-13-11-27(12-14-28)29-15-16-30(32-22-43(21-31(29)32)17-5-6-18-43)36(49)24-59-40(53)34-10-8-20-47(34)38(51)26(2)45-42(55)57-4/h11,13,15-16,25-26,31-34H,5-10,12,14,17-24H2,1-4H3,(H,44,54)(H,45,55). The lowest BCUT2D eigenvalue weighted by Gasteiger charge is -2.30. The Hall–Kier alpha value is -5.28. The highest BCUT2D eigenvalue weighted by Crippen LogP contribution is 2.60. The van der Waals surface area contributed by atoms with Crippen molar-refractivity contribution in [3.63, 3.8) is 0 Å². The molecule has 4 amide bonds. The zero-order valence-corrected chi connectivity index (χ0v) is 34.4. The zero-order chi connectivity index (χ0) is 42.4. The third kappa shape index (κ3) is 9.62. The summed E-state index contributed by atoms with van der Waals surface area (Å²) in [5, 5.41) is 4.85. The molecule has 6 unspecified atom stereocenters. The molecule has 0 aromatic carbocycles. The Kier molecular flexibility index (Phi) is 13.8. The van der Waals surface area contributed by atoms with Gasteiger partial charge in [0.1, 0.15) is 24.2 Å². The van der Waals surface area contributed by atoms with E-state index in [9.17, 15) is 38.4 Å². The summed E-state index contributed by atoms with van der Waals surface area (Å²) in [5.41, 5.74) is 3.56. The molecular formula is C43H56N4O12. The molecular weight excluding hydrogens is 764 g/mol. The first-order valence-corrected chi connectivity index (χ1v) is 20.8.